The second-order valence-electron chi connectivity index (χ2n) is 7.35. The molecule has 0 saturated carbocycles. The van der Waals surface area contributed by atoms with E-state index in [2.05, 4.69) is 5.32 Å². The highest BCUT2D eigenvalue weighted by Crippen LogP contribution is 2.33. The fourth-order valence-electron chi connectivity index (χ4n) is 3.69. The molecule has 0 spiro atoms. The maximum atomic E-state index is 13.2. The van der Waals surface area contributed by atoms with Gasteiger partial charge in [-0.25, -0.2) is 4.79 Å². The maximum absolute atomic E-state index is 13.2. The largest absolute Gasteiger partial charge is 0.340 e. The number of amides is 4. The smallest absolute Gasteiger partial charge is 0.325 e. The Bertz CT molecular complexity index is 1090. The van der Waals surface area contributed by atoms with Crippen LogP contribution in [0.2, 0.25) is 0 Å². The molecule has 0 aliphatic carbocycles. The molecule has 4 rings (SSSR count). The molecule has 4 amide bonds. The van der Waals surface area contributed by atoms with Gasteiger partial charge in [-0.2, -0.15) is 11.3 Å². The van der Waals surface area contributed by atoms with Crippen LogP contribution < -0.4 is 5.32 Å². The minimum atomic E-state index is -1.22. The number of imide groups is 1. The second-order valence-corrected chi connectivity index (χ2v) is 8.13. The van der Waals surface area contributed by atoms with Gasteiger partial charge in [0.1, 0.15) is 12.1 Å². The number of hydrogen-bond donors (Lipinski definition) is 1. The third-order valence-electron chi connectivity index (χ3n) is 5.32. The Kier molecular flexibility index (Phi) is 4.84. The molecule has 1 aromatic heterocycles. The van der Waals surface area contributed by atoms with Crippen LogP contribution in [-0.4, -0.2) is 41.2 Å². The minimum absolute atomic E-state index is 0.286. The molecule has 1 fully saturated rings. The topological polar surface area (TPSA) is 69.7 Å². The monoisotopic (exact) mass is 407 g/mol. The molecule has 1 aliphatic heterocycles. The van der Waals surface area contributed by atoms with Crippen molar-refractivity contribution in [2.24, 2.45) is 0 Å². The fraction of sp³-hybridized carbons (Fsp3) is 0.227. The average molecular weight is 407 g/mol. The predicted octanol–water partition coefficient (Wildman–Crippen LogP) is 3.33. The van der Waals surface area contributed by atoms with Crippen molar-refractivity contribution in [2.45, 2.75) is 19.0 Å². The van der Waals surface area contributed by atoms with Gasteiger partial charge in [0.2, 0.25) is 5.91 Å². The highest BCUT2D eigenvalue weighted by atomic mass is 32.1. The lowest BCUT2D eigenvalue weighted by atomic mass is 9.88. The van der Waals surface area contributed by atoms with Crippen LogP contribution in [0.4, 0.5) is 4.79 Å². The van der Waals surface area contributed by atoms with Crippen molar-refractivity contribution < 1.29 is 14.4 Å². The summed E-state index contributed by atoms with van der Waals surface area (Å²) < 4.78 is 0. The predicted molar refractivity (Wildman–Crippen MR) is 112 cm³/mol. The summed E-state index contributed by atoms with van der Waals surface area (Å²) in [5.74, 6) is -0.710. The highest BCUT2D eigenvalue weighted by Gasteiger charge is 2.50. The van der Waals surface area contributed by atoms with Crippen LogP contribution in [-0.2, 0) is 21.7 Å². The van der Waals surface area contributed by atoms with Crippen molar-refractivity contribution in [2.75, 3.05) is 13.6 Å². The molecule has 2 heterocycles. The Morgan fingerprint density at radius 2 is 1.90 bits per heavy atom. The third-order valence-corrected chi connectivity index (χ3v) is 6.05. The van der Waals surface area contributed by atoms with E-state index in [0.29, 0.717) is 6.54 Å². The molecule has 0 radical (unpaired) electrons. The van der Waals surface area contributed by atoms with Crippen LogP contribution in [0.25, 0.3) is 10.8 Å². The fourth-order valence-corrected chi connectivity index (χ4v) is 4.34. The first-order valence-corrected chi connectivity index (χ1v) is 10.2. The van der Waals surface area contributed by atoms with Crippen LogP contribution in [0.5, 0.6) is 0 Å². The Labute approximate surface area is 172 Å². The van der Waals surface area contributed by atoms with E-state index in [-0.39, 0.29) is 12.5 Å². The number of rotatable bonds is 5. The molecule has 1 N–H and O–H groups in total. The SMILES string of the molecule is CN(Cc1ccsc1)C(=O)CN1C(=O)N[C@@](C)(c2cccc3ccccc23)C1=O. The van der Waals surface area contributed by atoms with Gasteiger partial charge < -0.3 is 10.2 Å². The number of carbonyl (C=O) groups is 3. The number of fused-ring (bicyclic) bond motifs is 1. The van der Waals surface area contributed by atoms with Crippen LogP contribution in [0.3, 0.4) is 0 Å². The van der Waals surface area contributed by atoms with Crippen molar-refractivity contribution >= 4 is 40.0 Å². The molecular weight excluding hydrogens is 386 g/mol. The van der Waals surface area contributed by atoms with Gasteiger partial charge in [0.25, 0.3) is 5.91 Å². The molecular formula is C22H21N3O3S. The van der Waals surface area contributed by atoms with Crippen LogP contribution in [0, 0.1) is 0 Å². The van der Waals surface area contributed by atoms with E-state index in [1.54, 1.807) is 25.3 Å². The van der Waals surface area contributed by atoms with Gasteiger partial charge >= 0.3 is 6.03 Å². The van der Waals surface area contributed by atoms with Gasteiger partial charge in [-0.15, -0.1) is 0 Å². The quantitative estimate of drug-likeness (QED) is 0.660. The van der Waals surface area contributed by atoms with E-state index in [4.69, 9.17) is 0 Å². The number of nitrogens with zero attached hydrogens (tertiary/aromatic N) is 2. The number of benzene rings is 2. The van der Waals surface area contributed by atoms with Crippen LogP contribution in [0.15, 0.2) is 59.3 Å². The lowest BCUT2D eigenvalue weighted by Gasteiger charge is -2.24. The van der Waals surface area contributed by atoms with E-state index in [1.165, 1.54) is 4.90 Å². The van der Waals surface area contributed by atoms with E-state index in [9.17, 15) is 14.4 Å². The Hall–Kier alpha value is -3.19. The Morgan fingerprint density at radius 3 is 2.66 bits per heavy atom. The van der Waals surface area contributed by atoms with Crippen LogP contribution in [0.1, 0.15) is 18.1 Å². The highest BCUT2D eigenvalue weighted by molar-refractivity contribution is 7.07. The summed E-state index contributed by atoms with van der Waals surface area (Å²) in [7, 11) is 1.67. The van der Waals surface area contributed by atoms with Crippen molar-refractivity contribution in [3.8, 4) is 0 Å². The molecule has 29 heavy (non-hydrogen) atoms. The third kappa shape index (κ3) is 3.38. The van der Waals surface area contributed by atoms with Gasteiger partial charge in [-0.1, -0.05) is 42.5 Å². The summed E-state index contributed by atoms with van der Waals surface area (Å²) in [6, 6.07) is 14.8. The van der Waals surface area contributed by atoms with Crippen molar-refractivity contribution in [3.63, 3.8) is 0 Å². The summed E-state index contributed by atoms with van der Waals surface area (Å²) in [6.07, 6.45) is 0. The first kappa shape index (κ1) is 19.1. The number of urea groups is 1. The summed E-state index contributed by atoms with van der Waals surface area (Å²) in [4.78, 5) is 41.0. The van der Waals surface area contributed by atoms with E-state index < -0.39 is 17.5 Å². The zero-order valence-corrected chi connectivity index (χ0v) is 17.0. The number of thiophene rings is 1. The van der Waals surface area contributed by atoms with E-state index in [1.807, 2.05) is 59.3 Å². The van der Waals surface area contributed by atoms with Crippen molar-refractivity contribution in [1.82, 2.24) is 15.1 Å². The summed E-state index contributed by atoms with van der Waals surface area (Å²) in [5, 5.41) is 8.59. The van der Waals surface area contributed by atoms with Gasteiger partial charge in [0.05, 0.1) is 0 Å². The lowest BCUT2D eigenvalue weighted by molar-refractivity contribution is -0.138. The van der Waals surface area contributed by atoms with Crippen LogP contribution >= 0.6 is 11.3 Å². The van der Waals surface area contributed by atoms with Crippen molar-refractivity contribution in [1.29, 1.82) is 0 Å². The first-order valence-electron chi connectivity index (χ1n) is 9.27. The molecule has 148 valence electrons. The Balaban J connectivity index is 1.57. The maximum Gasteiger partial charge on any atom is 0.325 e. The molecule has 1 atom stereocenters. The zero-order chi connectivity index (χ0) is 20.6. The number of likely N-dealkylation sites (N-methyl/N-ethyl adjacent to an activating group) is 1. The average Bonchev–Trinajstić information content (AvgIpc) is 3.30. The first-order chi connectivity index (χ1) is 13.9. The van der Waals surface area contributed by atoms with Crippen molar-refractivity contribution in [3.05, 3.63) is 70.4 Å². The zero-order valence-electron chi connectivity index (χ0n) is 16.2. The molecule has 7 heteroatoms. The van der Waals surface area contributed by atoms with Gasteiger partial charge in [-0.3, -0.25) is 14.5 Å². The molecule has 0 bridgehead atoms. The Morgan fingerprint density at radius 1 is 1.14 bits per heavy atom. The van der Waals surface area contributed by atoms with E-state index in [0.717, 1.165) is 26.8 Å². The molecule has 6 nitrogen and oxygen atoms in total. The lowest BCUT2D eigenvalue weighted by Crippen LogP contribution is -2.43. The molecule has 0 unspecified atom stereocenters. The molecule has 3 aromatic rings. The standard InChI is InChI=1S/C22H21N3O3S/c1-22(18-9-5-7-16-6-3-4-8-17(16)18)20(27)25(21(28)23-22)13-19(26)24(2)12-15-10-11-29-14-15/h3-11,14H,12-13H2,1-2H3,(H,23,28)/t22-/m0/s1. The molecule has 2 aromatic carbocycles. The molecule has 1 aliphatic rings. The number of nitrogens with one attached hydrogen (secondary N) is 1. The summed E-state index contributed by atoms with van der Waals surface area (Å²) >= 11 is 1.56. The van der Waals surface area contributed by atoms with Gasteiger partial charge in [0.15, 0.2) is 0 Å². The second kappa shape index (κ2) is 7.33. The van der Waals surface area contributed by atoms with Gasteiger partial charge in [0, 0.05) is 13.6 Å². The molecule has 1 saturated heterocycles. The normalized spacial score (nSPS) is 18.9. The summed E-state index contributed by atoms with van der Waals surface area (Å²) in [6.45, 7) is 1.84. The summed E-state index contributed by atoms with van der Waals surface area (Å²) in [5.41, 5.74) is 0.517. The minimum Gasteiger partial charge on any atom is -0.340 e. The number of carbonyl (C=O) groups excluding carboxylic acids is 3. The van der Waals surface area contributed by atoms with E-state index >= 15 is 0 Å². The number of hydrogen-bond acceptors (Lipinski definition) is 4. The van der Waals surface area contributed by atoms with Gasteiger partial charge in [-0.05, 0) is 45.6 Å².